The number of thiol groups is 1. The molecule has 22 heavy (non-hydrogen) atoms. The fraction of sp³-hybridized carbons (Fsp3) is 0.786. The van der Waals surface area contributed by atoms with Crippen LogP contribution in [0, 0.1) is 0 Å². The number of hydrogen-bond donors (Lipinski definition) is 3. The van der Waals surface area contributed by atoms with E-state index in [1.807, 2.05) is 6.20 Å². The van der Waals surface area contributed by atoms with Crippen LogP contribution in [0.4, 0.5) is 5.69 Å². The number of anilines is 1. The molecule has 1 fully saturated rings. The van der Waals surface area contributed by atoms with E-state index in [-0.39, 0.29) is 12.1 Å². The molecule has 2 rings (SSSR count). The van der Waals surface area contributed by atoms with Crippen molar-refractivity contribution in [3.05, 3.63) is 6.20 Å². The van der Waals surface area contributed by atoms with Crippen molar-refractivity contribution in [3.63, 3.8) is 0 Å². The van der Waals surface area contributed by atoms with Crippen molar-refractivity contribution < 1.29 is 14.6 Å². The average molecular weight is 330 g/mol. The third kappa shape index (κ3) is 5.35. The Hall–Kier alpha value is -0.960. The van der Waals surface area contributed by atoms with Crippen molar-refractivity contribution in [2.75, 3.05) is 44.4 Å². The standard InChI is InChI=1S/C14H26N4O3S/c1-14(2,3)15-8-11(19)10-21-13-12(9-18(22)16-13)17-4-6-20-7-5-17/h9,11,15,19,22H,4-8,10H2,1-3H3. The summed E-state index contributed by atoms with van der Waals surface area (Å²) in [5.41, 5.74) is 0.848. The molecule has 1 unspecified atom stereocenters. The molecular formula is C14H26N4O3S. The first kappa shape index (κ1) is 17.4. The SMILES string of the molecule is CC(C)(C)NCC(O)COc1nn(S)cc1N1CCOCC1. The van der Waals surface area contributed by atoms with Crippen molar-refractivity contribution in [3.8, 4) is 5.88 Å². The highest BCUT2D eigenvalue weighted by Gasteiger charge is 2.20. The molecule has 7 nitrogen and oxygen atoms in total. The molecule has 8 heteroatoms. The van der Waals surface area contributed by atoms with Crippen LogP contribution in [0.2, 0.25) is 0 Å². The predicted molar refractivity (Wildman–Crippen MR) is 88.9 cm³/mol. The number of aliphatic hydroxyl groups is 1. The minimum absolute atomic E-state index is 0.0351. The van der Waals surface area contributed by atoms with Crippen LogP contribution in [-0.2, 0) is 4.74 Å². The second-order valence-electron chi connectivity index (χ2n) is 6.44. The third-order valence-corrected chi connectivity index (χ3v) is 3.49. The molecule has 126 valence electrons. The van der Waals surface area contributed by atoms with Gasteiger partial charge in [-0.2, -0.15) is 0 Å². The number of nitrogens with zero attached hydrogens (tertiary/aromatic N) is 3. The summed E-state index contributed by atoms with van der Waals surface area (Å²) in [7, 11) is 0. The second-order valence-corrected chi connectivity index (χ2v) is 6.84. The molecule has 0 amide bonds. The minimum Gasteiger partial charge on any atom is -0.472 e. The number of morpholine rings is 1. The van der Waals surface area contributed by atoms with Crippen molar-refractivity contribution >= 4 is 18.5 Å². The quantitative estimate of drug-likeness (QED) is 0.662. The summed E-state index contributed by atoms with van der Waals surface area (Å²) < 4.78 is 12.5. The molecule has 0 bridgehead atoms. The number of aromatic nitrogens is 2. The molecule has 0 aromatic carbocycles. The topological polar surface area (TPSA) is 71.8 Å². The first-order valence-corrected chi connectivity index (χ1v) is 7.92. The Morgan fingerprint density at radius 2 is 2.14 bits per heavy atom. The molecular weight excluding hydrogens is 304 g/mol. The maximum Gasteiger partial charge on any atom is 0.257 e. The molecule has 0 spiro atoms. The average Bonchev–Trinajstić information content (AvgIpc) is 2.84. The summed E-state index contributed by atoms with van der Waals surface area (Å²) in [4.78, 5) is 2.15. The van der Waals surface area contributed by atoms with Crippen molar-refractivity contribution in [2.45, 2.75) is 32.4 Å². The van der Waals surface area contributed by atoms with E-state index in [1.165, 1.54) is 4.09 Å². The van der Waals surface area contributed by atoms with E-state index in [0.29, 0.717) is 25.6 Å². The van der Waals surface area contributed by atoms with Gasteiger partial charge in [0.1, 0.15) is 18.4 Å². The van der Waals surface area contributed by atoms with Crippen LogP contribution in [0.1, 0.15) is 20.8 Å². The molecule has 1 aromatic rings. The molecule has 2 heterocycles. The van der Waals surface area contributed by atoms with E-state index in [4.69, 9.17) is 9.47 Å². The fourth-order valence-electron chi connectivity index (χ4n) is 2.12. The van der Waals surface area contributed by atoms with Crippen LogP contribution >= 0.6 is 12.8 Å². The first-order chi connectivity index (χ1) is 10.3. The van der Waals surface area contributed by atoms with Gasteiger partial charge < -0.3 is 24.8 Å². The summed E-state index contributed by atoms with van der Waals surface area (Å²) in [5.74, 6) is 0.492. The van der Waals surface area contributed by atoms with Gasteiger partial charge in [-0.1, -0.05) is 0 Å². The van der Waals surface area contributed by atoms with Gasteiger partial charge in [0.2, 0.25) is 0 Å². The van der Waals surface area contributed by atoms with Crippen LogP contribution < -0.4 is 15.0 Å². The van der Waals surface area contributed by atoms with Crippen LogP contribution in [-0.4, -0.2) is 65.4 Å². The van der Waals surface area contributed by atoms with Gasteiger partial charge in [-0.25, -0.2) is 4.09 Å². The maximum atomic E-state index is 10.0. The first-order valence-electron chi connectivity index (χ1n) is 7.52. The van der Waals surface area contributed by atoms with E-state index < -0.39 is 6.10 Å². The zero-order valence-corrected chi connectivity index (χ0v) is 14.3. The van der Waals surface area contributed by atoms with Crippen LogP contribution in [0.5, 0.6) is 5.88 Å². The Balaban J connectivity index is 1.89. The lowest BCUT2D eigenvalue weighted by Crippen LogP contribution is -2.42. The largest absolute Gasteiger partial charge is 0.472 e. The second kappa shape index (κ2) is 7.54. The number of hydrogen-bond acceptors (Lipinski definition) is 7. The van der Waals surface area contributed by atoms with E-state index in [9.17, 15) is 5.11 Å². The highest BCUT2D eigenvalue weighted by Crippen LogP contribution is 2.28. The molecule has 0 saturated carbocycles. The van der Waals surface area contributed by atoms with E-state index >= 15 is 0 Å². The van der Waals surface area contributed by atoms with Crippen LogP contribution in [0.3, 0.4) is 0 Å². The Kier molecular flexibility index (Phi) is 5.96. The number of ether oxygens (including phenoxy) is 2. The summed E-state index contributed by atoms with van der Waals surface area (Å²) in [6, 6.07) is 0. The Morgan fingerprint density at radius 3 is 2.77 bits per heavy atom. The van der Waals surface area contributed by atoms with Gasteiger partial charge in [0.05, 0.1) is 19.4 Å². The highest BCUT2D eigenvalue weighted by atomic mass is 32.1. The van der Waals surface area contributed by atoms with Crippen LogP contribution in [0.25, 0.3) is 0 Å². The molecule has 1 aliphatic rings. The lowest BCUT2D eigenvalue weighted by atomic mass is 10.1. The van der Waals surface area contributed by atoms with Gasteiger partial charge in [-0.15, -0.1) is 5.10 Å². The lowest BCUT2D eigenvalue weighted by Gasteiger charge is -2.28. The fourth-order valence-corrected chi connectivity index (χ4v) is 2.31. The Morgan fingerprint density at radius 1 is 1.45 bits per heavy atom. The zero-order valence-electron chi connectivity index (χ0n) is 13.4. The minimum atomic E-state index is -0.596. The molecule has 1 saturated heterocycles. The molecule has 2 N–H and O–H groups in total. The lowest BCUT2D eigenvalue weighted by molar-refractivity contribution is 0.0970. The van der Waals surface area contributed by atoms with E-state index in [2.05, 4.69) is 48.9 Å². The number of nitrogens with one attached hydrogen (secondary N) is 1. The molecule has 0 aliphatic carbocycles. The number of aliphatic hydroxyl groups excluding tert-OH is 1. The summed E-state index contributed by atoms with van der Waals surface area (Å²) in [6.45, 7) is 9.79. The summed E-state index contributed by atoms with van der Waals surface area (Å²) in [6.07, 6.45) is 1.21. The smallest absolute Gasteiger partial charge is 0.257 e. The van der Waals surface area contributed by atoms with Gasteiger partial charge in [0, 0.05) is 25.2 Å². The van der Waals surface area contributed by atoms with E-state index in [0.717, 1.165) is 18.8 Å². The Labute approximate surface area is 137 Å². The third-order valence-electron chi connectivity index (χ3n) is 3.28. The predicted octanol–water partition coefficient (Wildman–Crippen LogP) is 0.540. The maximum absolute atomic E-state index is 10.0. The number of β-amino-alcohol motifs (C(OH)–C–C–N with tert-alkyl or cyclic N) is 1. The molecule has 1 aliphatic heterocycles. The van der Waals surface area contributed by atoms with Gasteiger partial charge in [-0.3, -0.25) is 0 Å². The monoisotopic (exact) mass is 330 g/mol. The van der Waals surface area contributed by atoms with Crippen molar-refractivity contribution in [1.82, 2.24) is 14.5 Å². The van der Waals surface area contributed by atoms with Crippen LogP contribution in [0.15, 0.2) is 6.20 Å². The van der Waals surface area contributed by atoms with Gasteiger partial charge in [-0.05, 0) is 33.6 Å². The van der Waals surface area contributed by atoms with Gasteiger partial charge in [0.15, 0.2) is 0 Å². The zero-order chi connectivity index (χ0) is 16.2. The molecule has 1 aromatic heterocycles. The van der Waals surface area contributed by atoms with Gasteiger partial charge in [0.25, 0.3) is 5.88 Å². The van der Waals surface area contributed by atoms with E-state index in [1.54, 1.807) is 0 Å². The van der Waals surface area contributed by atoms with Crippen molar-refractivity contribution in [1.29, 1.82) is 0 Å². The highest BCUT2D eigenvalue weighted by molar-refractivity contribution is 7.78. The van der Waals surface area contributed by atoms with Gasteiger partial charge >= 0.3 is 0 Å². The summed E-state index contributed by atoms with van der Waals surface area (Å²) >= 11 is 4.21. The molecule has 0 radical (unpaired) electrons. The van der Waals surface area contributed by atoms with Crippen molar-refractivity contribution in [2.24, 2.45) is 0 Å². The Bertz CT molecular complexity index is 469. The summed E-state index contributed by atoms with van der Waals surface area (Å²) in [5, 5.41) is 17.5. The normalized spacial score (nSPS) is 17.6. The number of rotatable bonds is 6. The molecule has 1 atom stereocenters.